The van der Waals surface area contributed by atoms with Crippen molar-refractivity contribution in [2.45, 2.75) is 49.3 Å². The molecule has 0 saturated carbocycles. The van der Waals surface area contributed by atoms with Gasteiger partial charge >= 0.3 is 11.9 Å². The Kier molecular flexibility index (Phi) is 10.2. The van der Waals surface area contributed by atoms with Gasteiger partial charge in [0.15, 0.2) is 11.7 Å². The first-order valence-corrected chi connectivity index (χ1v) is 11.5. The Morgan fingerprint density at radius 2 is 1.91 bits per heavy atom. The number of tetrazole rings is 1. The van der Waals surface area contributed by atoms with E-state index < -0.39 is 36.2 Å². The van der Waals surface area contributed by atoms with E-state index in [-0.39, 0.29) is 27.7 Å². The van der Waals surface area contributed by atoms with Crippen LogP contribution in [0.5, 0.6) is 0 Å². The lowest BCUT2D eigenvalue weighted by Crippen LogP contribution is -2.48. The number of esters is 1. The highest BCUT2D eigenvalue weighted by atomic mass is 35.5. The summed E-state index contributed by atoms with van der Waals surface area (Å²) in [4.78, 5) is 48.0. The molecule has 1 aromatic carbocycles. The van der Waals surface area contributed by atoms with Crippen LogP contribution in [0.25, 0.3) is 0 Å². The van der Waals surface area contributed by atoms with Gasteiger partial charge in [0.2, 0.25) is 11.1 Å². The van der Waals surface area contributed by atoms with Crippen molar-refractivity contribution in [3.8, 4) is 0 Å². The van der Waals surface area contributed by atoms with Crippen molar-refractivity contribution in [2.24, 2.45) is 11.7 Å². The fraction of sp³-hybridized carbons (Fsp3) is 0.421. The van der Waals surface area contributed by atoms with Crippen molar-refractivity contribution < 1.29 is 29.0 Å². The molecule has 4 N–H and O–H groups in total. The number of nitrogens with one attached hydrogen (secondary N) is 1. The Balaban J connectivity index is 2.16. The molecule has 0 aliphatic rings. The summed E-state index contributed by atoms with van der Waals surface area (Å²) in [7, 11) is 0. The highest BCUT2D eigenvalue weighted by molar-refractivity contribution is 7.99. The van der Waals surface area contributed by atoms with E-state index in [2.05, 4.69) is 20.8 Å². The van der Waals surface area contributed by atoms with Crippen LogP contribution in [0, 0.1) is 5.92 Å². The summed E-state index contributed by atoms with van der Waals surface area (Å²) in [6, 6.07) is 1.28. The van der Waals surface area contributed by atoms with E-state index in [0.29, 0.717) is 17.0 Å². The van der Waals surface area contributed by atoms with Crippen molar-refractivity contribution in [2.75, 3.05) is 11.9 Å². The molecule has 0 bridgehead atoms. The number of ether oxygens (including phenoxy) is 1. The standard InChI is InChI=1S/C19H22Cl2N6O6S/c1-3-4-5-33-18(32)14(17(30)31)15(22)13(29)8-27-19(24-25-26-27)34-16-11(20)6-10(7-12(16)21)23-9(2)28/h6-7,14-15H,3-5,8,22H2,1-2H3,(H,23,28)(H,30,31). The van der Waals surface area contributed by atoms with E-state index in [4.69, 9.17) is 33.7 Å². The molecule has 1 heterocycles. The van der Waals surface area contributed by atoms with Crippen LogP contribution in [-0.2, 0) is 30.5 Å². The Hall–Kier alpha value is -2.74. The molecular formula is C19H22Cl2N6O6S. The first-order chi connectivity index (χ1) is 16.0. The van der Waals surface area contributed by atoms with Gasteiger partial charge in [-0.2, -0.15) is 0 Å². The summed E-state index contributed by atoms with van der Waals surface area (Å²) in [5.41, 5.74) is 6.18. The number of hydrogen-bond donors (Lipinski definition) is 3. The van der Waals surface area contributed by atoms with Crippen LogP contribution >= 0.6 is 35.0 Å². The smallest absolute Gasteiger partial charge is 0.322 e. The molecule has 2 rings (SSSR count). The fourth-order valence-corrected chi connectivity index (χ4v) is 4.14. The number of amides is 1. The summed E-state index contributed by atoms with van der Waals surface area (Å²) in [5.74, 6) is -5.65. The lowest BCUT2D eigenvalue weighted by molar-refractivity contribution is -0.161. The number of unbranched alkanes of at least 4 members (excludes halogenated alkanes) is 1. The second-order valence-electron chi connectivity index (χ2n) is 7.00. The van der Waals surface area contributed by atoms with Gasteiger partial charge < -0.3 is 20.9 Å². The number of carbonyl (C=O) groups is 4. The predicted octanol–water partition coefficient (Wildman–Crippen LogP) is 2.03. The summed E-state index contributed by atoms with van der Waals surface area (Å²) in [6.45, 7) is 2.72. The highest BCUT2D eigenvalue weighted by Crippen LogP contribution is 2.39. The van der Waals surface area contributed by atoms with Crippen LogP contribution in [0.2, 0.25) is 10.0 Å². The van der Waals surface area contributed by atoms with Gasteiger partial charge in [-0.15, -0.1) is 5.10 Å². The molecule has 12 nitrogen and oxygen atoms in total. The number of carboxylic acids is 1. The lowest BCUT2D eigenvalue weighted by atomic mass is 9.97. The second kappa shape index (κ2) is 12.6. The minimum absolute atomic E-state index is 0.0239. The molecule has 34 heavy (non-hydrogen) atoms. The van der Waals surface area contributed by atoms with Crippen LogP contribution in [0.1, 0.15) is 26.7 Å². The average molecular weight is 533 g/mol. The average Bonchev–Trinajstić information content (AvgIpc) is 3.16. The molecule has 2 unspecified atom stereocenters. The molecule has 1 aromatic heterocycles. The van der Waals surface area contributed by atoms with E-state index in [1.165, 1.54) is 19.1 Å². The Morgan fingerprint density at radius 3 is 2.47 bits per heavy atom. The topological polar surface area (TPSA) is 179 Å². The van der Waals surface area contributed by atoms with Gasteiger partial charge in [0.25, 0.3) is 0 Å². The monoisotopic (exact) mass is 532 g/mol. The summed E-state index contributed by atoms with van der Waals surface area (Å²) in [6.07, 6.45) is 1.28. The van der Waals surface area contributed by atoms with Gasteiger partial charge in [-0.3, -0.25) is 19.2 Å². The zero-order valence-electron chi connectivity index (χ0n) is 18.2. The van der Waals surface area contributed by atoms with E-state index in [9.17, 15) is 24.3 Å². The van der Waals surface area contributed by atoms with Gasteiger partial charge in [0, 0.05) is 12.6 Å². The molecule has 2 aromatic rings. The Labute approximate surface area is 208 Å². The number of carbonyl (C=O) groups excluding carboxylic acids is 3. The maximum absolute atomic E-state index is 12.7. The van der Waals surface area contributed by atoms with Crippen molar-refractivity contribution in [1.29, 1.82) is 0 Å². The fourth-order valence-electron chi connectivity index (χ4n) is 2.64. The third-order valence-corrected chi connectivity index (χ3v) is 6.25. The largest absolute Gasteiger partial charge is 0.481 e. The number of halogens is 2. The molecule has 15 heteroatoms. The summed E-state index contributed by atoms with van der Waals surface area (Å²) in [5, 5.41) is 23.5. The maximum atomic E-state index is 12.7. The zero-order chi connectivity index (χ0) is 25.4. The number of anilines is 1. The molecule has 1 amide bonds. The summed E-state index contributed by atoms with van der Waals surface area (Å²) < 4.78 is 5.99. The van der Waals surface area contributed by atoms with Gasteiger partial charge in [0.05, 0.1) is 27.6 Å². The number of aromatic nitrogens is 4. The van der Waals surface area contributed by atoms with Crippen molar-refractivity contribution in [1.82, 2.24) is 20.2 Å². The number of ketones is 1. The van der Waals surface area contributed by atoms with Gasteiger partial charge in [0.1, 0.15) is 6.54 Å². The number of benzene rings is 1. The van der Waals surface area contributed by atoms with E-state index in [0.717, 1.165) is 22.9 Å². The molecule has 0 fully saturated rings. The Bertz CT molecular complexity index is 1060. The second-order valence-corrected chi connectivity index (χ2v) is 8.79. The van der Waals surface area contributed by atoms with E-state index in [1.807, 2.05) is 6.92 Å². The van der Waals surface area contributed by atoms with E-state index >= 15 is 0 Å². The number of aliphatic carboxylic acids is 1. The van der Waals surface area contributed by atoms with Crippen LogP contribution in [0.15, 0.2) is 22.2 Å². The zero-order valence-corrected chi connectivity index (χ0v) is 20.5. The third kappa shape index (κ3) is 7.38. The first-order valence-electron chi connectivity index (χ1n) is 9.93. The molecule has 0 spiro atoms. The van der Waals surface area contributed by atoms with Crippen LogP contribution in [0.3, 0.4) is 0 Å². The molecule has 0 aliphatic heterocycles. The van der Waals surface area contributed by atoms with Gasteiger partial charge in [-0.05, 0) is 40.7 Å². The number of hydrogen-bond acceptors (Lipinski definition) is 10. The number of nitrogens with zero attached hydrogens (tertiary/aromatic N) is 4. The van der Waals surface area contributed by atoms with Gasteiger partial charge in [-0.1, -0.05) is 36.5 Å². The van der Waals surface area contributed by atoms with E-state index in [1.54, 1.807) is 0 Å². The molecule has 0 saturated heterocycles. The third-order valence-electron chi connectivity index (χ3n) is 4.31. The SMILES string of the molecule is CCCCOC(=O)C(C(=O)O)C(N)C(=O)Cn1nnnc1Sc1c(Cl)cc(NC(C)=O)cc1Cl. The highest BCUT2D eigenvalue weighted by Gasteiger charge is 2.38. The molecule has 184 valence electrons. The van der Waals surface area contributed by atoms with Crippen molar-refractivity contribution in [3.63, 3.8) is 0 Å². The lowest BCUT2D eigenvalue weighted by Gasteiger charge is -2.18. The number of nitrogens with two attached hydrogens (primary N) is 1. The minimum atomic E-state index is -1.87. The number of carboxylic acid groups (broad SMARTS) is 1. The molecular weight excluding hydrogens is 511 g/mol. The van der Waals surface area contributed by atoms with Crippen LogP contribution in [0.4, 0.5) is 5.69 Å². The molecule has 0 aliphatic carbocycles. The van der Waals surface area contributed by atoms with Crippen LogP contribution < -0.4 is 11.1 Å². The normalized spacial score (nSPS) is 12.6. The summed E-state index contributed by atoms with van der Waals surface area (Å²) >= 11 is 13.5. The maximum Gasteiger partial charge on any atom is 0.322 e. The molecule has 2 atom stereocenters. The number of rotatable bonds is 12. The quantitative estimate of drug-likeness (QED) is 0.206. The van der Waals surface area contributed by atoms with Crippen molar-refractivity contribution >= 4 is 64.3 Å². The van der Waals surface area contributed by atoms with Crippen LogP contribution in [-0.4, -0.2) is 61.6 Å². The molecule has 0 radical (unpaired) electrons. The Morgan fingerprint density at radius 1 is 1.26 bits per heavy atom. The number of Topliss-reactive ketones (excluding diaryl/α,β-unsaturated/α-hetero) is 1. The van der Waals surface area contributed by atoms with Crippen molar-refractivity contribution in [3.05, 3.63) is 22.2 Å². The predicted molar refractivity (Wildman–Crippen MR) is 123 cm³/mol. The van der Waals surface area contributed by atoms with Gasteiger partial charge in [-0.25, -0.2) is 4.68 Å². The minimum Gasteiger partial charge on any atom is -0.481 e. The first kappa shape index (κ1) is 27.5.